The zero-order valence-corrected chi connectivity index (χ0v) is 15.8. The van der Waals surface area contributed by atoms with Crippen molar-refractivity contribution in [2.24, 2.45) is 5.73 Å². The minimum Gasteiger partial charge on any atom is -0.507 e. The fourth-order valence-electron chi connectivity index (χ4n) is 2.29. The summed E-state index contributed by atoms with van der Waals surface area (Å²) < 4.78 is 14.4. The van der Waals surface area contributed by atoms with Gasteiger partial charge in [-0.1, -0.05) is 12.1 Å². The Morgan fingerprint density at radius 2 is 2.00 bits per heavy atom. The standard InChI is InChI=1S/C17H22N2O4S2/c1-19(2)25(3,23)16-7-6-15(20)13-8-11(4-5-12(13)16)9-24-10-14(18)17(21)22/h4-8,14,20H,3,9-10,18H2,1-2H3,(H,21,22)/t14-,25?/m0/s1. The van der Waals surface area contributed by atoms with Gasteiger partial charge in [-0.15, -0.1) is 0 Å². The van der Waals surface area contributed by atoms with Gasteiger partial charge in [0.05, 0.1) is 14.6 Å². The third-order valence-electron chi connectivity index (χ3n) is 3.83. The van der Waals surface area contributed by atoms with Gasteiger partial charge in [0.1, 0.15) is 11.8 Å². The summed E-state index contributed by atoms with van der Waals surface area (Å²) in [4.78, 5) is 11.3. The Labute approximate surface area is 151 Å². The molecule has 6 nitrogen and oxygen atoms in total. The number of hydrogen-bond donors (Lipinski definition) is 3. The van der Waals surface area contributed by atoms with Gasteiger partial charge in [-0.05, 0) is 43.7 Å². The molecule has 25 heavy (non-hydrogen) atoms. The summed E-state index contributed by atoms with van der Waals surface area (Å²) in [7, 11) is 0.763. The van der Waals surface area contributed by atoms with Crippen molar-refractivity contribution in [1.29, 1.82) is 0 Å². The maximum absolute atomic E-state index is 12.9. The van der Waals surface area contributed by atoms with Gasteiger partial charge in [0.15, 0.2) is 0 Å². The van der Waals surface area contributed by atoms with Crippen molar-refractivity contribution in [2.75, 3.05) is 19.8 Å². The second-order valence-electron chi connectivity index (χ2n) is 5.88. The van der Waals surface area contributed by atoms with Crippen molar-refractivity contribution in [3.63, 3.8) is 0 Å². The number of benzene rings is 2. The topological polar surface area (TPSA) is 104 Å². The number of carbonyl (C=O) groups is 1. The van der Waals surface area contributed by atoms with Crippen LogP contribution in [-0.4, -0.2) is 56.5 Å². The van der Waals surface area contributed by atoms with Crippen molar-refractivity contribution in [3.05, 3.63) is 35.9 Å². The van der Waals surface area contributed by atoms with Crippen molar-refractivity contribution < 1.29 is 19.2 Å². The minimum absolute atomic E-state index is 0.0989. The highest BCUT2D eigenvalue weighted by atomic mass is 32.2. The molecule has 8 heteroatoms. The molecule has 0 saturated carbocycles. The molecule has 0 radical (unpaired) electrons. The fraction of sp³-hybridized carbons (Fsp3) is 0.294. The van der Waals surface area contributed by atoms with E-state index in [2.05, 4.69) is 5.87 Å². The first-order chi connectivity index (χ1) is 11.6. The van der Waals surface area contributed by atoms with Crippen molar-refractivity contribution in [1.82, 2.24) is 4.31 Å². The number of aliphatic carboxylic acids is 1. The number of hydrogen-bond acceptors (Lipinski definition) is 5. The molecule has 2 aromatic rings. The summed E-state index contributed by atoms with van der Waals surface area (Å²) in [6.07, 6.45) is 0. The predicted octanol–water partition coefficient (Wildman–Crippen LogP) is 1.74. The van der Waals surface area contributed by atoms with E-state index in [0.717, 1.165) is 5.56 Å². The number of phenols is 1. The second-order valence-corrected chi connectivity index (χ2v) is 9.36. The highest BCUT2D eigenvalue weighted by Crippen LogP contribution is 2.32. The molecule has 0 aliphatic heterocycles. The first-order valence-electron chi connectivity index (χ1n) is 7.50. The molecule has 0 bridgehead atoms. The van der Waals surface area contributed by atoms with Crippen molar-refractivity contribution >= 4 is 44.1 Å². The fourth-order valence-corrected chi connectivity index (χ4v) is 4.42. The average Bonchev–Trinajstić information content (AvgIpc) is 2.54. The van der Waals surface area contributed by atoms with Crippen LogP contribution < -0.4 is 5.73 Å². The lowest BCUT2D eigenvalue weighted by Crippen LogP contribution is -2.32. The normalized spacial score (nSPS) is 15.2. The van der Waals surface area contributed by atoms with Crippen LogP contribution in [-0.2, 0) is 20.3 Å². The first kappa shape index (κ1) is 19.6. The largest absolute Gasteiger partial charge is 0.507 e. The van der Waals surface area contributed by atoms with E-state index in [9.17, 15) is 14.1 Å². The number of phenolic OH excluding ortho intramolecular Hbond substituents is 1. The summed E-state index contributed by atoms with van der Waals surface area (Å²) in [5.41, 5.74) is 6.41. The summed E-state index contributed by atoms with van der Waals surface area (Å²) >= 11 is 1.41. The first-order valence-corrected chi connectivity index (χ1v) is 10.3. The monoisotopic (exact) mass is 382 g/mol. The molecule has 2 aromatic carbocycles. The molecule has 2 rings (SSSR count). The summed E-state index contributed by atoms with van der Waals surface area (Å²) in [5.74, 6) is 3.76. The molecule has 0 saturated heterocycles. The molecule has 0 fully saturated rings. The van der Waals surface area contributed by atoms with E-state index in [0.29, 0.717) is 27.2 Å². The predicted molar refractivity (Wildman–Crippen MR) is 105 cm³/mol. The van der Waals surface area contributed by atoms with Gasteiger partial charge in [-0.3, -0.25) is 4.79 Å². The zero-order chi connectivity index (χ0) is 18.8. The Kier molecular flexibility index (Phi) is 5.99. The maximum atomic E-state index is 12.9. The zero-order valence-electron chi connectivity index (χ0n) is 14.1. The third-order valence-corrected chi connectivity index (χ3v) is 7.19. The maximum Gasteiger partial charge on any atom is 0.321 e. The van der Waals surface area contributed by atoms with Crippen LogP contribution in [0.4, 0.5) is 0 Å². The van der Waals surface area contributed by atoms with Crippen LogP contribution in [0.2, 0.25) is 0 Å². The summed E-state index contributed by atoms with van der Waals surface area (Å²) in [6.45, 7) is 0. The lowest BCUT2D eigenvalue weighted by Gasteiger charge is -2.19. The molecule has 0 spiro atoms. The Bertz CT molecular complexity index is 895. The molecule has 4 N–H and O–H groups in total. The number of carboxylic acids is 1. The van der Waals surface area contributed by atoms with Crippen LogP contribution in [0.5, 0.6) is 5.75 Å². The van der Waals surface area contributed by atoms with Crippen molar-refractivity contribution in [3.8, 4) is 5.75 Å². The van der Waals surface area contributed by atoms with Crippen LogP contribution in [0.25, 0.3) is 10.8 Å². The molecule has 2 atom stereocenters. The molecule has 0 heterocycles. The highest BCUT2D eigenvalue weighted by molar-refractivity contribution is 7.98. The number of aromatic hydroxyl groups is 1. The van der Waals surface area contributed by atoms with Crippen molar-refractivity contribution in [2.45, 2.75) is 16.7 Å². The van der Waals surface area contributed by atoms with Gasteiger partial charge in [-0.25, -0.2) is 8.51 Å². The van der Waals surface area contributed by atoms with Gasteiger partial charge in [0.25, 0.3) is 0 Å². The number of fused-ring (bicyclic) bond motifs is 1. The van der Waals surface area contributed by atoms with Gasteiger partial charge < -0.3 is 15.9 Å². The van der Waals surface area contributed by atoms with Crippen LogP contribution in [0.15, 0.2) is 35.2 Å². The van der Waals surface area contributed by atoms with Crippen LogP contribution in [0, 0.1) is 0 Å². The van der Waals surface area contributed by atoms with E-state index in [4.69, 9.17) is 10.8 Å². The summed E-state index contributed by atoms with van der Waals surface area (Å²) in [5, 5.41) is 20.3. The van der Waals surface area contributed by atoms with E-state index >= 15 is 0 Å². The molecule has 0 amide bonds. The van der Waals surface area contributed by atoms with Gasteiger partial charge in [0.2, 0.25) is 0 Å². The SMILES string of the molecule is C=S(=O)(c1ccc(O)c2cc(CSC[C@H](N)C(=O)O)ccc12)N(C)C. The Hall–Kier alpha value is -1.74. The lowest BCUT2D eigenvalue weighted by atomic mass is 10.1. The molecule has 136 valence electrons. The molecule has 0 aliphatic rings. The third kappa shape index (κ3) is 4.27. The van der Waals surface area contributed by atoms with E-state index in [1.165, 1.54) is 17.8 Å². The number of thioether (sulfide) groups is 1. The van der Waals surface area contributed by atoms with Crippen LogP contribution >= 0.6 is 11.8 Å². The Morgan fingerprint density at radius 1 is 1.32 bits per heavy atom. The van der Waals surface area contributed by atoms with Gasteiger partial charge >= 0.3 is 5.97 Å². The molecule has 0 aliphatic carbocycles. The quantitative estimate of drug-likeness (QED) is 0.630. The van der Waals surface area contributed by atoms with E-state index in [-0.39, 0.29) is 5.75 Å². The number of nitrogens with two attached hydrogens (primary N) is 1. The lowest BCUT2D eigenvalue weighted by molar-refractivity contribution is -0.137. The van der Waals surface area contributed by atoms with Crippen LogP contribution in [0.3, 0.4) is 0 Å². The Balaban J connectivity index is 2.35. The van der Waals surface area contributed by atoms with E-state index in [1.54, 1.807) is 24.5 Å². The molecule has 0 aromatic heterocycles. The average molecular weight is 383 g/mol. The minimum atomic E-state index is -2.64. The smallest absolute Gasteiger partial charge is 0.321 e. The molecular formula is C17H22N2O4S2. The Morgan fingerprint density at radius 3 is 2.60 bits per heavy atom. The number of carboxylic acid groups (broad SMARTS) is 1. The van der Waals surface area contributed by atoms with Crippen LogP contribution in [0.1, 0.15) is 5.56 Å². The van der Waals surface area contributed by atoms with E-state index in [1.807, 2.05) is 18.2 Å². The number of rotatable bonds is 7. The number of nitrogens with zero attached hydrogens (tertiary/aromatic N) is 1. The van der Waals surface area contributed by atoms with Gasteiger partial charge in [0, 0.05) is 22.3 Å². The highest BCUT2D eigenvalue weighted by Gasteiger charge is 2.16. The van der Waals surface area contributed by atoms with Gasteiger partial charge in [-0.2, -0.15) is 11.8 Å². The van der Waals surface area contributed by atoms with E-state index < -0.39 is 21.7 Å². The summed E-state index contributed by atoms with van der Waals surface area (Å²) in [6, 6.07) is 7.75. The second kappa shape index (κ2) is 7.65. The molecular weight excluding hydrogens is 360 g/mol. The molecule has 1 unspecified atom stereocenters.